The number of nitrogens with two attached hydrogens (primary N) is 1. The average Bonchev–Trinajstić information content (AvgIpc) is 2.21. The zero-order valence-corrected chi connectivity index (χ0v) is 10.3. The highest BCUT2D eigenvalue weighted by atomic mass is 32.1. The molecule has 1 heterocycles. The Bertz CT molecular complexity index is 328. The monoisotopic (exact) mass is 243 g/mol. The molecule has 1 fully saturated rings. The second-order valence-electron chi connectivity index (χ2n) is 4.45. The van der Waals surface area contributed by atoms with E-state index in [1.54, 1.807) is 13.8 Å². The Hall–Kier alpha value is -1.17. The van der Waals surface area contributed by atoms with E-state index in [-0.39, 0.29) is 16.8 Å². The lowest BCUT2D eigenvalue weighted by Gasteiger charge is -2.28. The first-order valence-corrected chi connectivity index (χ1v) is 5.65. The van der Waals surface area contributed by atoms with E-state index in [1.807, 2.05) is 0 Å². The molecule has 0 aliphatic carbocycles. The van der Waals surface area contributed by atoms with E-state index in [0.29, 0.717) is 13.0 Å². The quantitative estimate of drug-likeness (QED) is 0.594. The number of hydrogen-bond acceptors (Lipinski definition) is 3. The van der Waals surface area contributed by atoms with Gasteiger partial charge in [-0.15, -0.1) is 0 Å². The summed E-state index contributed by atoms with van der Waals surface area (Å²) >= 11 is 4.82. The Morgan fingerprint density at radius 1 is 1.62 bits per heavy atom. The molecule has 6 heteroatoms. The molecule has 16 heavy (non-hydrogen) atoms. The Labute approximate surface area is 100 Å². The van der Waals surface area contributed by atoms with Crippen LogP contribution in [0.1, 0.15) is 26.7 Å². The van der Waals surface area contributed by atoms with Crippen molar-refractivity contribution in [3.8, 4) is 0 Å². The number of thiocarbonyl (C=S) groups is 1. The molecular formula is C10H17N3O2S. The molecule has 1 aliphatic rings. The fraction of sp³-hybridized carbons (Fsp3) is 0.700. The second-order valence-corrected chi connectivity index (χ2v) is 4.89. The summed E-state index contributed by atoms with van der Waals surface area (Å²) in [6, 6.07) is -0.463. The lowest BCUT2D eigenvalue weighted by atomic mass is 9.91. The lowest BCUT2D eigenvalue weighted by molar-refractivity contribution is -0.132. The fourth-order valence-electron chi connectivity index (χ4n) is 1.36. The van der Waals surface area contributed by atoms with Crippen LogP contribution < -0.4 is 16.4 Å². The SMILES string of the molecule is CC(C)(C(=O)NC1CCCNC1=O)C(N)=S. The molecule has 5 nitrogen and oxygen atoms in total. The minimum absolute atomic E-state index is 0.126. The van der Waals surface area contributed by atoms with Crippen LogP contribution in [0.3, 0.4) is 0 Å². The number of amides is 2. The van der Waals surface area contributed by atoms with Gasteiger partial charge in [0.05, 0.1) is 10.4 Å². The zero-order chi connectivity index (χ0) is 12.3. The van der Waals surface area contributed by atoms with E-state index < -0.39 is 11.5 Å². The van der Waals surface area contributed by atoms with Gasteiger partial charge in [0.2, 0.25) is 11.8 Å². The molecule has 0 aromatic heterocycles. The van der Waals surface area contributed by atoms with E-state index in [2.05, 4.69) is 10.6 Å². The van der Waals surface area contributed by atoms with Crippen molar-refractivity contribution >= 4 is 29.0 Å². The third kappa shape index (κ3) is 2.69. The van der Waals surface area contributed by atoms with Crippen LogP contribution >= 0.6 is 12.2 Å². The van der Waals surface area contributed by atoms with Gasteiger partial charge in [-0.3, -0.25) is 9.59 Å². The van der Waals surface area contributed by atoms with Crippen LogP contribution in [-0.4, -0.2) is 29.4 Å². The minimum Gasteiger partial charge on any atom is -0.392 e. The van der Waals surface area contributed by atoms with E-state index in [4.69, 9.17) is 18.0 Å². The summed E-state index contributed by atoms with van der Waals surface area (Å²) in [4.78, 5) is 23.4. The van der Waals surface area contributed by atoms with Crippen molar-refractivity contribution < 1.29 is 9.59 Å². The standard InChI is InChI=1S/C10H17N3O2S/c1-10(2,8(11)16)9(15)13-6-4-3-5-12-7(6)14/h6H,3-5H2,1-2H3,(H2,11,16)(H,12,14)(H,13,15). The van der Waals surface area contributed by atoms with Gasteiger partial charge in [0, 0.05) is 6.54 Å². The highest BCUT2D eigenvalue weighted by Gasteiger charge is 2.34. The topological polar surface area (TPSA) is 84.2 Å². The molecule has 1 unspecified atom stereocenters. The van der Waals surface area contributed by atoms with Crippen molar-refractivity contribution in [2.75, 3.05) is 6.54 Å². The number of piperidine rings is 1. The molecule has 1 aliphatic heterocycles. The summed E-state index contributed by atoms with van der Waals surface area (Å²) in [7, 11) is 0. The molecule has 0 spiro atoms. The van der Waals surface area contributed by atoms with Gasteiger partial charge in [-0.25, -0.2) is 0 Å². The van der Waals surface area contributed by atoms with Crippen LogP contribution in [0.5, 0.6) is 0 Å². The zero-order valence-electron chi connectivity index (χ0n) is 9.50. The predicted molar refractivity (Wildman–Crippen MR) is 64.7 cm³/mol. The summed E-state index contributed by atoms with van der Waals surface area (Å²) in [5.41, 5.74) is 4.56. The maximum atomic E-state index is 11.9. The summed E-state index contributed by atoms with van der Waals surface area (Å²) in [6.07, 6.45) is 1.52. The minimum atomic E-state index is -0.924. The van der Waals surface area contributed by atoms with Gasteiger partial charge < -0.3 is 16.4 Å². The molecule has 0 radical (unpaired) electrons. The number of carbonyl (C=O) groups excluding carboxylic acids is 2. The highest BCUT2D eigenvalue weighted by molar-refractivity contribution is 7.80. The summed E-state index contributed by atoms with van der Waals surface area (Å²) in [5.74, 6) is -0.444. The molecular weight excluding hydrogens is 226 g/mol. The maximum Gasteiger partial charge on any atom is 0.242 e. The molecule has 0 bridgehead atoms. The van der Waals surface area contributed by atoms with Crippen LogP contribution in [0.25, 0.3) is 0 Å². The summed E-state index contributed by atoms with van der Waals surface area (Å²) in [6.45, 7) is 3.96. The Kier molecular flexibility index (Phi) is 3.85. The van der Waals surface area contributed by atoms with Crippen molar-refractivity contribution in [3.63, 3.8) is 0 Å². The molecule has 1 saturated heterocycles. The van der Waals surface area contributed by atoms with Gasteiger partial charge in [0.15, 0.2) is 0 Å². The largest absolute Gasteiger partial charge is 0.392 e. The normalized spacial score (nSPS) is 21.1. The van der Waals surface area contributed by atoms with Crippen LogP contribution in [-0.2, 0) is 9.59 Å². The molecule has 1 rings (SSSR count). The Morgan fingerprint density at radius 3 is 2.75 bits per heavy atom. The molecule has 2 amide bonds. The number of nitrogens with one attached hydrogen (secondary N) is 2. The Morgan fingerprint density at radius 2 is 2.25 bits per heavy atom. The van der Waals surface area contributed by atoms with Crippen molar-refractivity contribution in [1.82, 2.24) is 10.6 Å². The first kappa shape index (κ1) is 12.9. The molecule has 0 aromatic carbocycles. The molecule has 4 N–H and O–H groups in total. The van der Waals surface area contributed by atoms with Crippen LogP contribution in [0.15, 0.2) is 0 Å². The first-order valence-electron chi connectivity index (χ1n) is 5.24. The molecule has 0 saturated carbocycles. The van der Waals surface area contributed by atoms with E-state index in [0.717, 1.165) is 6.42 Å². The predicted octanol–water partition coefficient (Wildman–Crippen LogP) is -0.306. The van der Waals surface area contributed by atoms with E-state index in [1.165, 1.54) is 0 Å². The van der Waals surface area contributed by atoms with E-state index in [9.17, 15) is 9.59 Å². The number of hydrogen-bond donors (Lipinski definition) is 3. The second kappa shape index (κ2) is 4.78. The van der Waals surface area contributed by atoms with Gasteiger partial charge in [0.25, 0.3) is 0 Å². The van der Waals surface area contributed by atoms with Gasteiger partial charge >= 0.3 is 0 Å². The molecule has 0 aromatic rings. The number of rotatable bonds is 3. The van der Waals surface area contributed by atoms with E-state index >= 15 is 0 Å². The lowest BCUT2D eigenvalue weighted by Crippen LogP contribution is -2.55. The molecule has 1 atom stereocenters. The van der Waals surface area contributed by atoms with Gasteiger partial charge in [0.1, 0.15) is 6.04 Å². The van der Waals surface area contributed by atoms with Gasteiger partial charge in [-0.05, 0) is 26.7 Å². The first-order chi connectivity index (χ1) is 7.35. The maximum absolute atomic E-state index is 11.9. The number of carbonyl (C=O) groups is 2. The summed E-state index contributed by atoms with van der Waals surface area (Å²) in [5, 5.41) is 5.37. The third-order valence-electron chi connectivity index (χ3n) is 2.77. The van der Waals surface area contributed by atoms with Crippen molar-refractivity contribution in [3.05, 3.63) is 0 Å². The third-order valence-corrected chi connectivity index (χ3v) is 3.28. The van der Waals surface area contributed by atoms with Crippen molar-refractivity contribution in [1.29, 1.82) is 0 Å². The van der Waals surface area contributed by atoms with Gasteiger partial charge in [-0.1, -0.05) is 12.2 Å². The molecule has 90 valence electrons. The smallest absolute Gasteiger partial charge is 0.242 e. The highest BCUT2D eigenvalue weighted by Crippen LogP contribution is 2.16. The Balaban J connectivity index is 2.63. The van der Waals surface area contributed by atoms with Gasteiger partial charge in [-0.2, -0.15) is 0 Å². The van der Waals surface area contributed by atoms with Crippen molar-refractivity contribution in [2.45, 2.75) is 32.7 Å². The summed E-state index contributed by atoms with van der Waals surface area (Å²) < 4.78 is 0. The fourth-order valence-corrected chi connectivity index (χ4v) is 1.45. The van der Waals surface area contributed by atoms with Crippen LogP contribution in [0, 0.1) is 5.41 Å². The van der Waals surface area contributed by atoms with Crippen LogP contribution in [0.4, 0.5) is 0 Å². The average molecular weight is 243 g/mol. The van der Waals surface area contributed by atoms with Crippen LogP contribution in [0.2, 0.25) is 0 Å². The van der Waals surface area contributed by atoms with Crippen molar-refractivity contribution in [2.24, 2.45) is 11.1 Å².